The molecule has 0 bridgehead atoms. The number of rotatable bonds is 22. The predicted molar refractivity (Wildman–Crippen MR) is 144 cm³/mol. The molecule has 0 saturated heterocycles. The van der Waals surface area contributed by atoms with Gasteiger partial charge in [0.2, 0.25) is 11.8 Å². The van der Waals surface area contributed by atoms with Gasteiger partial charge in [0.1, 0.15) is 11.5 Å². The molecule has 6 heteroatoms. The molecule has 35 heavy (non-hydrogen) atoms. The topological polar surface area (TPSA) is 76.7 Å². The lowest BCUT2D eigenvalue weighted by Crippen LogP contribution is -2.24. The third kappa shape index (κ3) is 16.9. The Kier molecular flexibility index (Phi) is 18.5. The molecule has 1 aromatic rings. The fourth-order valence-electron chi connectivity index (χ4n) is 3.68. The standard InChI is InChI=1S/C29H49N2O4/c1-4-7-11-18-30-28(32)16-9-13-20-34-26-22-25(15-6-3)23-27(24-26)35-21-14-10-17-29(33)31-19-12-8-5-2/h22-24H,3-21H2,1-2H3,(H,30,32)(H,31,33). The van der Waals surface area contributed by atoms with Crippen LogP contribution in [0.4, 0.5) is 0 Å². The highest BCUT2D eigenvalue weighted by Crippen LogP contribution is 2.24. The van der Waals surface area contributed by atoms with Crippen LogP contribution >= 0.6 is 0 Å². The van der Waals surface area contributed by atoms with Gasteiger partial charge in [-0.2, -0.15) is 0 Å². The van der Waals surface area contributed by atoms with Crippen LogP contribution in [0, 0.1) is 6.92 Å². The molecule has 0 aromatic heterocycles. The molecule has 0 fully saturated rings. The van der Waals surface area contributed by atoms with Crippen molar-refractivity contribution in [1.29, 1.82) is 0 Å². The van der Waals surface area contributed by atoms with E-state index in [1.807, 2.05) is 18.2 Å². The SMILES string of the molecule is [CH2]CCc1cc(OCCCCC(=O)NCCCCC)cc(OCCCCC(=O)NCCCCC)c1. The van der Waals surface area contributed by atoms with E-state index in [2.05, 4.69) is 31.4 Å². The molecule has 2 N–H and O–H groups in total. The summed E-state index contributed by atoms with van der Waals surface area (Å²) in [5, 5.41) is 5.96. The molecule has 199 valence electrons. The first kappa shape index (κ1) is 30.8. The highest BCUT2D eigenvalue weighted by Gasteiger charge is 2.06. The molecule has 0 saturated carbocycles. The van der Waals surface area contributed by atoms with Crippen LogP contribution in [0.25, 0.3) is 0 Å². The maximum atomic E-state index is 11.9. The molecule has 1 aromatic carbocycles. The van der Waals surface area contributed by atoms with Crippen LogP contribution in [-0.2, 0) is 16.0 Å². The van der Waals surface area contributed by atoms with Crippen molar-refractivity contribution in [2.75, 3.05) is 26.3 Å². The molecule has 1 radical (unpaired) electrons. The molecule has 1 rings (SSSR count). The minimum Gasteiger partial charge on any atom is -0.493 e. The Labute approximate surface area is 213 Å². The van der Waals surface area contributed by atoms with Gasteiger partial charge in [0, 0.05) is 32.0 Å². The van der Waals surface area contributed by atoms with Crippen molar-refractivity contribution < 1.29 is 19.1 Å². The lowest BCUT2D eigenvalue weighted by molar-refractivity contribution is -0.122. The Morgan fingerprint density at radius 2 is 1.20 bits per heavy atom. The molecule has 0 unspecified atom stereocenters. The Bertz CT molecular complexity index is 641. The number of carbonyl (C=O) groups excluding carboxylic acids is 2. The molecule has 0 aliphatic carbocycles. The van der Waals surface area contributed by atoms with E-state index in [9.17, 15) is 9.59 Å². The quantitative estimate of drug-likeness (QED) is 0.191. The minimum absolute atomic E-state index is 0.128. The summed E-state index contributed by atoms with van der Waals surface area (Å²) in [6, 6.07) is 6.01. The summed E-state index contributed by atoms with van der Waals surface area (Å²) in [5.74, 6) is 1.84. The normalized spacial score (nSPS) is 10.7. The summed E-state index contributed by atoms with van der Waals surface area (Å²) in [6.45, 7) is 11.0. The lowest BCUT2D eigenvalue weighted by atomic mass is 10.1. The summed E-state index contributed by atoms with van der Waals surface area (Å²) in [7, 11) is 0. The Hall–Kier alpha value is -2.24. The zero-order valence-electron chi connectivity index (χ0n) is 22.3. The Morgan fingerprint density at radius 1 is 0.714 bits per heavy atom. The summed E-state index contributed by atoms with van der Waals surface area (Å²) in [6.07, 6.45) is 12.8. The number of ether oxygens (including phenoxy) is 2. The average Bonchev–Trinajstić information content (AvgIpc) is 2.84. The molecule has 0 aliphatic heterocycles. The lowest BCUT2D eigenvalue weighted by Gasteiger charge is -2.12. The van der Waals surface area contributed by atoms with E-state index in [-0.39, 0.29) is 11.8 Å². The van der Waals surface area contributed by atoms with Crippen molar-refractivity contribution in [3.8, 4) is 11.5 Å². The maximum Gasteiger partial charge on any atom is 0.219 e. The van der Waals surface area contributed by atoms with Crippen LogP contribution in [0.1, 0.15) is 103 Å². The molecule has 0 aliphatic rings. The molecule has 0 atom stereocenters. The second-order valence-corrected chi connectivity index (χ2v) is 9.14. The van der Waals surface area contributed by atoms with Crippen LogP contribution in [0.15, 0.2) is 18.2 Å². The van der Waals surface area contributed by atoms with Gasteiger partial charge in [0.05, 0.1) is 13.2 Å². The number of amides is 2. The van der Waals surface area contributed by atoms with E-state index >= 15 is 0 Å². The second-order valence-electron chi connectivity index (χ2n) is 9.14. The highest BCUT2D eigenvalue weighted by molar-refractivity contribution is 5.76. The van der Waals surface area contributed by atoms with Gasteiger partial charge in [-0.05, 0) is 69.1 Å². The second kappa shape index (κ2) is 21.1. The molecule has 0 heterocycles. The van der Waals surface area contributed by atoms with Gasteiger partial charge >= 0.3 is 0 Å². The summed E-state index contributed by atoms with van der Waals surface area (Å²) in [5.41, 5.74) is 1.14. The van der Waals surface area contributed by atoms with E-state index < -0.39 is 0 Å². The third-order valence-electron chi connectivity index (χ3n) is 5.74. The molecular formula is C29H49N2O4. The summed E-state index contributed by atoms with van der Waals surface area (Å²) in [4.78, 5) is 23.7. The van der Waals surface area contributed by atoms with E-state index in [0.29, 0.717) is 26.1 Å². The van der Waals surface area contributed by atoms with Crippen molar-refractivity contribution in [3.05, 3.63) is 30.7 Å². The van der Waals surface area contributed by atoms with Gasteiger partial charge in [0.25, 0.3) is 0 Å². The molecule has 6 nitrogen and oxygen atoms in total. The number of unbranched alkanes of at least 4 members (excludes halogenated alkanes) is 6. The van der Waals surface area contributed by atoms with E-state index in [0.717, 1.165) is 107 Å². The van der Waals surface area contributed by atoms with Crippen molar-refractivity contribution in [1.82, 2.24) is 10.6 Å². The fourth-order valence-corrected chi connectivity index (χ4v) is 3.68. The van der Waals surface area contributed by atoms with Crippen LogP contribution < -0.4 is 20.1 Å². The van der Waals surface area contributed by atoms with E-state index in [4.69, 9.17) is 9.47 Å². The van der Waals surface area contributed by atoms with Crippen molar-refractivity contribution in [3.63, 3.8) is 0 Å². The first-order valence-electron chi connectivity index (χ1n) is 13.8. The van der Waals surface area contributed by atoms with Crippen LogP contribution in [0.3, 0.4) is 0 Å². The van der Waals surface area contributed by atoms with Gasteiger partial charge in [-0.3, -0.25) is 9.59 Å². The largest absolute Gasteiger partial charge is 0.493 e. The zero-order chi connectivity index (χ0) is 25.6. The van der Waals surface area contributed by atoms with Gasteiger partial charge in [-0.15, -0.1) is 0 Å². The number of hydrogen-bond donors (Lipinski definition) is 2. The number of nitrogens with one attached hydrogen (secondary N) is 2. The Morgan fingerprint density at radius 3 is 1.63 bits per heavy atom. The van der Waals surface area contributed by atoms with Crippen molar-refractivity contribution >= 4 is 11.8 Å². The van der Waals surface area contributed by atoms with E-state index in [1.165, 1.54) is 0 Å². The van der Waals surface area contributed by atoms with Gasteiger partial charge in [0.15, 0.2) is 0 Å². The van der Waals surface area contributed by atoms with Crippen LogP contribution in [-0.4, -0.2) is 38.1 Å². The maximum absolute atomic E-state index is 11.9. The average molecular weight is 490 g/mol. The van der Waals surface area contributed by atoms with E-state index in [1.54, 1.807) is 0 Å². The van der Waals surface area contributed by atoms with Crippen LogP contribution in [0.2, 0.25) is 0 Å². The summed E-state index contributed by atoms with van der Waals surface area (Å²) < 4.78 is 11.9. The highest BCUT2D eigenvalue weighted by atomic mass is 16.5. The predicted octanol–water partition coefficient (Wildman–Crippen LogP) is 6.16. The van der Waals surface area contributed by atoms with Crippen LogP contribution in [0.5, 0.6) is 11.5 Å². The zero-order valence-corrected chi connectivity index (χ0v) is 22.3. The molecule has 2 amide bonds. The summed E-state index contributed by atoms with van der Waals surface area (Å²) >= 11 is 0. The van der Waals surface area contributed by atoms with Crippen molar-refractivity contribution in [2.45, 2.75) is 104 Å². The van der Waals surface area contributed by atoms with Gasteiger partial charge < -0.3 is 20.1 Å². The third-order valence-corrected chi connectivity index (χ3v) is 5.74. The molecule has 0 spiro atoms. The van der Waals surface area contributed by atoms with Gasteiger partial charge in [-0.25, -0.2) is 0 Å². The molecular weight excluding hydrogens is 440 g/mol. The fraction of sp³-hybridized carbons (Fsp3) is 0.690. The number of benzene rings is 1. The minimum atomic E-state index is 0.128. The smallest absolute Gasteiger partial charge is 0.219 e. The first-order chi connectivity index (χ1) is 17.1. The first-order valence-corrected chi connectivity index (χ1v) is 13.8. The Balaban J connectivity index is 2.30. The van der Waals surface area contributed by atoms with Gasteiger partial charge in [-0.1, -0.05) is 46.5 Å². The number of carbonyl (C=O) groups is 2. The van der Waals surface area contributed by atoms with Crippen molar-refractivity contribution in [2.24, 2.45) is 0 Å². The monoisotopic (exact) mass is 489 g/mol. The number of hydrogen-bond acceptors (Lipinski definition) is 4. The number of aryl methyl sites for hydroxylation is 1.